The molecule has 1 N–H and O–H groups in total. The lowest BCUT2D eigenvalue weighted by molar-refractivity contribution is 0.0912. The summed E-state index contributed by atoms with van der Waals surface area (Å²) in [5, 5.41) is 4.01. The summed E-state index contributed by atoms with van der Waals surface area (Å²) in [4.78, 5) is 17.6. The van der Waals surface area contributed by atoms with Gasteiger partial charge in [0.25, 0.3) is 5.91 Å². The molecule has 0 atom stereocenters. The minimum absolute atomic E-state index is 0.146. The van der Waals surface area contributed by atoms with Crippen LogP contribution >= 0.6 is 0 Å². The van der Waals surface area contributed by atoms with Gasteiger partial charge in [-0.3, -0.25) is 4.79 Å². The normalized spacial score (nSPS) is 11.5. The molecule has 0 saturated heterocycles. The first-order chi connectivity index (χ1) is 16.8. The SMILES string of the molecule is Cc1c(-c2ccc(F)cc2)oc2ncc(-c3cccc(C(=O)NC(C)(C)c4ccccc4)c3)cc12. The Morgan fingerprint density at radius 3 is 2.37 bits per heavy atom. The first-order valence-corrected chi connectivity index (χ1v) is 11.5. The molecule has 0 bridgehead atoms. The molecule has 0 aliphatic rings. The van der Waals surface area contributed by atoms with Gasteiger partial charge in [-0.1, -0.05) is 42.5 Å². The summed E-state index contributed by atoms with van der Waals surface area (Å²) in [7, 11) is 0. The summed E-state index contributed by atoms with van der Waals surface area (Å²) >= 11 is 0. The van der Waals surface area contributed by atoms with E-state index in [-0.39, 0.29) is 11.7 Å². The van der Waals surface area contributed by atoms with Gasteiger partial charge in [0.1, 0.15) is 11.6 Å². The quantitative estimate of drug-likeness (QED) is 0.297. The van der Waals surface area contributed by atoms with E-state index in [1.165, 1.54) is 12.1 Å². The van der Waals surface area contributed by atoms with Crippen molar-refractivity contribution < 1.29 is 13.6 Å². The highest BCUT2D eigenvalue weighted by Gasteiger charge is 2.23. The number of aromatic nitrogens is 1. The van der Waals surface area contributed by atoms with Crippen molar-refractivity contribution in [3.63, 3.8) is 0 Å². The molecule has 4 nitrogen and oxygen atoms in total. The average Bonchev–Trinajstić information content (AvgIpc) is 3.20. The summed E-state index contributed by atoms with van der Waals surface area (Å²) in [6, 6.07) is 25.6. The summed E-state index contributed by atoms with van der Waals surface area (Å²) in [6.45, 7) is 5.94. The van der Waals surface area contributed by atoms with E-state index in [0.717, 1.165) is 33.2 Å². The van der Waals surface area contributed by atoms with Crippen molar-refractivity contribution in [3.8, 4) is 22.5 Å². The lowest BCUT2D eigenvalue weighted by Gasteiger charge is -2.27. The molecule has 2 aromatic heterocycles. The maximum absolute atomic E-state index is 13.3. The molecule has 35 heavy (non-hydrogen) atoms. The number of carbonyl (C=O) groups is 1. The van der Waals surface area contributed by atoms with Crippen molar-refractivity contribution in [1.82, 2.24) is 10.3 Å². The number of benzene rings is 3. The standard InChI is InChI=1S/C30H25FN2O2/c1-19-26-17-23(18-32-29(26)35-27(19)20-12-14-25(31)15-13-20)21-8-7-9-22(16-21)28(34)33-30(2,3)24-10-5-4-6-11-24/h4-18H,1-3H3,(H,33,34). The van der Waals surface area contributed by atoms with Crippen LogP contribution in [0.2, 0.25) is 0 Å². The van der Waals surface area contributed by atoms with Gasteiger partial charge in [0.15, 0.2) is 0 Å². The number of furan rings is 1. The third-order valence-electron chi connectivity index (χ3n) is 6.28. The lowest BCUT2D eigenvalue weighted by Crippen LogP contribution is -2.40. The molecule has 0 spiro atoms. The van der Waals surface area contributed by atoms with E-state index in [1.54, 1.807) is 18.3 Å². The number of pyridine rings is 1. The number of rotatable bonds is 5. The predicted molar refractivity (Wildman–Crippen MR) is 137 cm³/mol. The molecule has 1 amide bonds. The zero-order valence-corrected chi connectivity index (χ0v) is 19.8. The van der Waals surface area contributed by atoms with Crippen molar-refractivity contribution in [1.29, 1.82) is 0 Å². The summed E-state index contributed by atoms with van der Waals surface area (Å²) in [5.74, 6) is 0.229. The maximum atomic E-state index is 13.3. The molecule has 0 radical (unpaired) electrons. The molecule has 2 heterocycles. The number of nitrogens with zero attached hydrogens (tertiary/aromatic N) is 1. The largest absolute Gasteiger partial charge is 0.437 e. The highest BCUT2D eigenvalue weighted by molar-refractivity contribution is 5.96. The van der Waals surface area contributed by atoms with E-state index in [2.05, 4.69) is 10.3 Å². The number of carbonyl (C=O) groups excluding carboxylic acids is 1. The van der Waals surface area contributed by atoms with Crippen LogP contribution in [-0.4, -0.2) is 10.9 Å². The first-order valence-electron chi connectivity index (χ1n) is 11.5. The van der Waals surface area contributed by atoms with Gasteiger partial charge in [-0.05, 0) is 74.4 Å². The van der Waals surface area contributed by atoms with Crippen LogP contribution in [0.15, 0.2) is 95.5 Å². The molecule has 5 heteroatoms. The third-order valence-corrected chi connectivity index (χ3v) is 6.28. The molecule has 0 aliphatic carbocycles. The molecule has 3 aromatic carbocycles. The summed E-state index contributed by atoms with van der Waals surface area (Å²) in [6.07, 6.45) is 1.74. The van der Waals surface area contributed by atoms with Gasteiger partial charge in [0, 0.05) is 33.8 Å². The van der Waals surface area contributed by atoms with Gasteiger partial charge < -0.3 is 9.73 Å². The molecule has 0 unspecified atom stereocenters. The van der Waals surface area contributed by atoms with Crippen LogP contribution < -0.4 is 5.32 Å². The maximum Gasteiger partial charge on any atom is 0.251 e. The van der Waals surface area contributed by atoms with Crippen LogP contribution in [-0.2, 0) is 5.54 Å². The minimum atomic E-state index is -0.514. The monoisotopic (exact) mass is 464 g/mol. The fourth-order valence-electron chi connectivity index (χ4n) is 4.26. The van der Waals surface area contributed by atoms with E-state index in [0.29, 0.717) is 17.0 Å². The molecule has 0 fully saturated rings. The third kappa shape index (κ3) is 4.45. The number of nitrogens with one attached hydrogen (secondary N) is 1. The van der Waals surface area contributed by atoms with Gasteiger partial charge in [-0.25, -0.2) is 9.37 Å². The van der Waals surface area contributed by atoms with E-state index in [1.807, 2.05) is 81.4 Å². The summed E-state index contributed by atoms with van der Waals surface area (Å²) < 4.78 is 19.3. The molecule has 5 aromatic rings. The van der Waals surface area contributed by atoms with E-state index < -0.39 is 5.54 Å². The van der Waals surface area contributed by atoms with Gasteiger partial charge in [0.05, 0.1) is 5.54 Å². The Bertz CT molecular complexity index is 1520. The lowest BCUT2D eigenvalue weighted by atomic mass is 9.93. The second-order valence-electron chi connectivity index (χ2n) is 9.17. The zero-order valence-electron chi connectivity index (χ0n) is 19.8. The van der Waals surface area contributed by atoms with Crippen molar-refractivity contribution >= 4 is 17.0 Å². The average molecular weight is 465 g/mol. The van der Waals surface area contributed by atoms with Crippen LogP contribution in [0.3, 0.4) is 0 Å². The smallest absolute Gasteiger partial charge is 0.251 e. The number of amides is 1. The van der Waals surface area contributed by atoms with Crippen molar-refractivity contribution in [3.05, 3.63) is 114 Å². The highest BCUT2D eigenvalue weighted by Crippen LogP contribution is 2.34. The van der Waals surface area contributed by atoms with Gasteiger partial charge in [0.2, 0.25) is 5.71 Å². The van der Waals surface area contributed by atoms with Crippen molar-refractivity contribution in [2.75, 3.05) is 0 Å². The highest BCUT2D eigenvalue weighted by atomic mass is 19.1. The molecular weight excluding hydrogens is 439 g/mol. The Labute approximate surface area is 203 Å². The molecule has 5 rings (SSSR count). The fraction of sp³-hybridized carbons (Fsp3) is 0.133. The molecule has 0 saturated carbocycles. The number of fused-ring (bicyclic) bond motifs is 1. The van der Waals surface area contributed by atoms with Gasteiger partial charge in [-0.2, -0.15) is 0 Å². The van der Waals surface area contributed by atoms with Crippen LogP contribution in [0.5, 0.6) is 0 Å². The second-order valence-corrected chi connectivity index (χ2v) is 9.17. The van der Waals surface area contributed by atoms with E-state index >= 15 is 0 Å². The number of halogens is 1. The number of hydrogen-bond acceptors (Lipinski definition) is 3. The van der Waals surface area contributed by atoms with Gasteiger partial charge >= 0.3 is 0 Å². The van der Waals surface area contributed by atoms with Crippen LogP contribution in [0.1, 0.15) is 35.3 Å². The van der Waals surface area contributed by atoms with Gasteiger partial charge in [-0.15, -0.1) is 0 Å². The molecule has 0 aliphatic heterocycles. The zero-order chi connectivity index (χ0) is 24.6. The summed E-state index contributed by atoms with van der Waals surface area (Å²) in [5.41, 5.74) is 5.10. The van der Waals surface area contributed by atoms with Crippen molar-refractivity contribution in [2.24, 2.45) is 0 Å². The Hall–Kier alpha value is -4.25. The van der Waals surface area contributed by atoms with Crippen LogP contribution in [0.4, 0.5) is 4.39 Å². The molecular formula is C30H25FN2O2. The Morgan fingerprint density at radius 2 is 1.63 bits per heavy atom. The Kier molecular flexibility index (Phi) is 5.69. The number of hydrogen-bond donors (Lipinski definition) is 1. The minimum Gasteiger partial charge on any atom is -0.437 e. The predicted octanol–water partition coefficient (Wildman–Crippen LogP) is 7.27. The van der Waals surface area contributed by atoms with E-state index in [4.69, 9.17) is 4.42 Å². The number of aryl methyl sites for hydroxylation is 1. The molecule has 174 valence electrons. The Morgan fingerprint density at radius 1 is 0.886 bits per heavy atom. The van der Waals surface area contributed by atoms with Crippen molar-refractivity contribution in [2.45, 2.75) is 26.3 Å². The van der Waals surface area contributed by atoms with Crippen LogP contribution in [0.25, 0.3) is 33.6 Å². The second kappa shape index (κ2) is 8.84. The topological polar surface area (TPSA) is 55.1 Å². The Balaban J connectivity index is 1.45. The van der Waals surface area contributed by atoms with E-state index in [9.17, 15) is 9.18 Å². The first kappa shape index (κ1) is 22.5. The van der Waals surface area contributed by atoms with Crippen LogP contribution in [0, 0.1) is 12.7 Å². The fourth-order valence-corrected chi connectivity index (χ4v) is 4.26.